The normalized spacial score (nSPS) is 16.7. The van der Waals surface area contributed by atoms with Crippen LogP contribution >= 0.6 is 0 Å². The molecule has 2 aromatic rings. The molecule has 1 saturated heterocycles. The number of amides is 2. The predicted octanol–water partition coefficient (Wildman–Crippen LogP) is 1.32. The Hall–Kier alpha value is -2.96. The van der Waals surface area contributed by atoms with Gasteiger partial charge < -0.3 is 16.0 Å². The molecular formula is C18H21N5O2. The van der Waals surface area contributed by atoms with Crippen molar-refractivity contribution in [2.45, 2.75) is 13.3 Å². The minimum atomic E-state index is -0.116. The van der Waals surface area contributed by atoms with Gasteiger partial charge in [-0.15, -0.1) is 0 Å². The number of anilines is 1. The van der Waals surface area contributed by atoms with Crippen LogP contribution in [0.25, 0.3) is 11.1 Å². The van der Waals surface area contributed by atoms with Crippen molar-refractivity contribution in [1.29, 1.82) is 0 Å². The average Bonchev–Trinajstić information content (AvgIpc) is 3.12. The van der Waals surface area contributed by atoms with Crippen molar-refractivity contribution < 1.29 is 9.59 Å². The summed E-state index contributed by atoms with van der Waals surface area (Å²) >= 11 is 0. The first-order valence-electron chi connectivity index (χ1n) is 8.33. The van der Waals surface area contributed by atoms with E-state index in [0.717, 1.165) is 11.1 Å². The van der Waals surface area contributed by atoms with E-state index in [1.807, 2.05) is 19.1 Å². The third-order valence-corrected chi connectivity index (χ3v) is 4.33. The molecule has 130 valence electrons. The first kappa shape index (κ1) is 16.9. The monoisotopic (exact) mass is 339 g/mol. The van der Waals surface area contributed by atoms with Crippen molar-refractivity contribution in [2.24, 2.45) is 5.92 Å². The minimum absolute atomic E-state index is 0.0245. The lowest BCUT2D eigenvalue weighted by molar-refractivity contribution is -0.124. The van der Waals surface area contributed by atoms with Crippen LogP contribution < -0.4 is 11.1 Å². The van der Waals surface area contributed by atoms with Crippen LogP contribution in [0.1, 0.15) is 23.7 Å². The highest BCUT2D eigenvalue weighted by atomic mass is 16.2. The maximum absolute atomic E-state index is 12.6. The van der Waals surface area contributed by atoms with Crippen molar-refractivity contribution >= 4 is 17.8 Å². The highest BCUT2D eigenvalue weighted by Crippen LogP contribution is 2.22. The van der Waals surface area contributed by atoms with Gasteiger partial charge in [0.2, 0.25) is 11.9 Å². The number of rotatable bonds is 4. The van der Waals surface area contributed by atoms with Gasteiger partial charge in [0.05, 0.1) is 5.92 Å². The Balaban J connectivity index is 1.67. The number of aromatic nitrogens is 2. The zero-order valence-electron chi connectivity index (χ0n) is 14.1. The number of nitrogens with two attached hydrogens (primary N) is 1. The molecule has 7 nitrogen and oxygen atoms in total. The number of benzene rings is 1. The smallest absolute Gasteiger partial charge is 0.253 e. The summed E-state index contributed by atoms with van der Waals surface area (Å²) in [6.07, 6.45) is 4.01. The van der Waals surface area contributed by atoms with Gasteiger partial charge in [-0.2, -0.15) is 0 Å². The lowest BCUT2D eigenvalue weighted by atomic mass is 10.1. The number of hydrogen-bond acceptors (Lipinski definition) is 5. The van der Waals surface area contributed by atoms with Crippen molar-refractivity contribution in [3.8, 4) is 11.1 Å². The Morgan fingerprint density at radius 2 is 1.88 bits per heavy atom. The van der Waals surface area contributed by atoms with Gasteiger partial charge in [-0.25, -0.2) is 9.97 Å². The molecule has 1 aromatic heterocycles. The fraction of sp³-hybridized carbons (Fsp3) is 0.333. The molecule has 0 unspecified atom stereocenters. The van der Waals surface area contributed by atoms with Gasteiger partial charge in [0, 0.05) is 43.2 Å². The molecule has 0 spiro atoms. The zero-order chi connectivity index (χ0) is 17.8. The average molecular weight is 339 g/mol. The summed E-state index contributed by atoms with van der Waals surface area (Å²) in [5.74, 6) is 0.0877. The van der Waals surface area contributed by atoms with Crippen LogP contribution in [0.4, 0.5) is 5.95 Å². The van der Waals surface area contributed by atoms with Crippen molar-refractivity contribution in [2.75, 3.05) is 25.4 Å². The third-order valence-electron chi connectivity index (χ3n) is 4.33. The maximum atomic E-state index is 12.6. The van der Waals surface area contributed by atoms with Crippen LogP contribution in [-0.4, -0.2) is 46.3 Å². The quantitative estimate of drug-likeness (QED) is 0.875. The number of nitrogens with zero attached hydrogens (tertiary/aromatic N) is 3. The fourth-order valence-electron chi connectivity index (χ4n) is 2.95. The predicted molar refractivity (Wildman–Crippen MR) is 94.6 cm³/mol. The summed E-state index contributed by atoms with van der Waals surface area (Å²) < 4.78 is 0. The van der Waals surface area contributed by atoms with E-state index in [-0.39, 0.29) is 23.7 Å². The topological polar surface area (TPSA) is 101 Å². The summed E-state index contributed by atoms with van der Waals surface area (Å²) in [5, 5.41) is 2.82. The molecule has 2 amide bonds. The number of carbonyl (C=O) groups excluding carboxylic acids is 2. The Labute approximate surface area is 146 Å². The molecule has 3 rings (SSSR count). The molecule has 25 heavy (non-hydrogen) atoms. The molecule has 1 atom stereocenters. The Kier molecular flexibility index (Phi) is 4.92. The van der Waals surface area contributed by atoms with Crippen molar-refractivity contribution in [3.63, 3.8) is 0 Å². The second-order valence-electron chi connectivity index (χ2n) is 6.04. The van der Waals surface area contributed by atoms with E-state index in [0.29, 0.717) is 31.6 Å². The van der Waals surface area contributed by atoms with E-state index >= 15 is 0 Å². The van der Waals surface area contributed by atoms with Gasteiger partial charge in [0.15, 0.2) is 0 Å². The Bertz CT molecular complexity index is 758. The number of likely N-dealkylation sites (tertiary alicyclic amines) is 1. The van der Waals surface area contributed by atoms with Crippen LogP contribution in [0.2, 0.25) is 0 Å². The Morgan fingerprint density at radius 3 is 2.52 bits per heavy atom. The summed E-state index contributed by atoms with van der Waals surface area (Å²) in [6, 6.07) is 7.29. The van der Waals surface area contributed by atoms with Gasteiger partial charge in [-0.05, 0) is 31.0 Å². The number of nitrogens with one attached hydrogen (secondary N) is 1. The van der Waals surface area contributed by atoms with Crippen LogP contribution in [0.3, 0.4) is 0 Å². The summed E-state index contributed by atoms with van der Waals surface area (Å²) in [5.41, 5.74) is 7.85. The van der Waals surface area contributed by atoms with E-state index < -0.39 is 0 Å². The van der Waals surface area contributed by atoms with E-state index in [1.165, 1.54) is 0 Å². The number of nitrogen functional groups attached to an aromatic ring is 1. The SMILES string of the molecule is CCNC(=O)[C@@H]1CCN(C(=O)c2ccc(-c3cnc(N)nc3)cc2)C1. The molecule has 3 N–H and O–H groups in total. The molecule has 0 bridgehead atoms. The highest BCUT2D eigenvalue weighted by molar-refractivity contribution is 5.95. The van der Waals surface area contributed by atoms with Crippen LogP contribution in [0.5, 0.6) is 0 Å². The second-order valence-corrected chi connectivity index (χ2v) is 6.04. The van der Waals surface area contributed by atoms with Crippen molar-refractivity contribution in [3.05, 3.63) is 42.2 Å². The van der Waals surface area contributed by atoms with Gasteiger partial charge >= 0.3 is 0 Å². The van der Waals surface area contributed by atoms with Crippen LogP contribution in [0.15, 0.2) is 36.7 Å². The van der Waals surface area contributed by atoms with Gasteiger partial charge in [-0.3, -0.25) is 9.59 Å². The fourth-order valence-corrected chi connectivity index (χ4v) is 2.95. The highest BCUT2D eigenvalue weighted by Gasteiger charge is 2.31. The van der Waals surface area contributed by atoms with Crippen LogP contribution in [-0.2, 0) is 4.79 Å². The summed E-state index contributed by atoms with van der Waals surface area (Å²) in [7, 11) is 0. The van der Waals surface area contributed by atoms with Gasteiger partial charge in [0.1, 0.15) is 0 Å². The van der Waals surface area contributed by atoms with Crippen LogP contribution in [0, 0.1) is 5.92 Å². The van der Waals surface area contributed by atoms with E-state index in [2.05, 4.69) is 15.3 Å². The molecular weight excluding hydrogens is 318 g/mol. The molecule has 2 heterocycles. The van der Waals surface area contributed by atoms with Crippen molar-refractivity contribution in [1.82, 2.24) is 20.2 Å². The molecule has 0 saturated carbocycles. The first-order valence-corrected chi connectivity index (χ1v) is 8.33. The summed E-state index contributed by atoms with van der Waals surface area (Å²) in [6.45, 7) is 3.58. The minimum Gasteiger partial charge on any atom is -0.368 e. The van der Waals surface area contributed by atoms with E-state index in [1.54, 1.807) is 29.4 Å². The van der Waals surface area contributed by atoms with E-state index in [9.17, 15) is 9.59 Å². The molecule has 1 aliphatic rings. The molecule has 7 heteroatoms. The largest absolute Gasteiger partial charge is 0.368 e. The molecule has 1 aromatic carbocycles. The Morgan fingerprint density at radius 1 is 1.20 bits per heavy atom. The zero-order valence-corrected chi connectivity index (χ0v) is 14.1. The van der Waals surface area contributed by atoms with E-state index in [4.69, 9.17) is 5.73 Å². The number of carbonyl (C=O) groups is 2. The maximum Gasteiger partial charge on any atom is 0.253 e. The lowest BCUT2D eigenvalue weighted by Gasteiger charge is -2.16. The number of hydrogen-bond donors (Lipinski definition) is 2. The second kappa shape index (κ2) is 7.29. The molecule has 1 fully saturated rings. The standard InChI is InChI=1S/C18H21N5O2/c1-2-20-16(24)14-7-8-23(11-14)17(25)13-5-3-12(4-6-13)15-9-21-18(19)22-10-15/h3-6,9-10,14H,2,7-8,11H2,1H3,(H,20,24)(H2,19,21,22)/t14-/m1/s1. The molecule has 0 aliphatic carbocycles. The van der Waals surface area contributed by atoms with Gasteiger partial charge in [-0.1, -0.05) is 12.1 Å². The third kappa shape index (κ3) is 3.76. The van der Waals surface area contributed by atoms with Gasteiger partial charge in [0.25, 0.3) is 5.91 Å². The molecule has 0 radical (unpaired) electrons. The molecule has 1 aliphatic heterocycles. The first-order chi connectivity index (χ1) is 12.1. The summed E-state index contributed by atoms with van der Waals surface area (Å²) in [4.78, 5) is 34.2. The lowest BCUT2D eigenvalue weighted by Crippen LogP contribution is -2.34.